The Bertz CT molecular complexity index is 542. The molecule has 0 saturated carbocycles. The van der Waals surface area contributed by atoms with Crippen molar-refractivity contribution in [2.75, 3.05) is 30.9 Å². The summed E-state index contributed by atoms with van der Waals surface area (Å²) in [5, 5.41) is 3.14. The summed E-state index contributed by atoms with van der Waals surface area (Å²) in [5.74, 6) is 0. The van der Waals surface area contributed by atoms with E-state index in [1.807, 2.05) is 19.1 Å². The summed E-state index contributed by atoms with van der Waals surface area (Å²) in [6.07, 6.45) is 0.777. The molecule has 1 fully saturated rings. The van der Waals surface area contributed by atoms with Crippen molar-refractivity contribution in [3.63, 3.8) is 0 Å². The van der Waals surface area contributed by atoms with Crippen LogP contribution in [-0.2, 0) is 16.6 Å². The highest BCUT2D eigenvalue weighted by Gasteiger charge is 2.24. The van der Waals surface area contributed by atoms with Crippen LogP contribution in [0.5, 0.6) is 0 Å². The van der Waals surface area contributed by atoms with Crippen LogP contribution in [0.15, 0.2) is 22.7 Å². The minimum absolute atomic E-state index is 0.507. The molecule has 0 unspecified atom stereocenters. The number of rotatable bonds is 4. The summed E-state index contributed by atoms with van der Waals surface area (Å²) >= 11 is 3.40. The quantitative estimate of drug-likeness (QED) is 0.868. The molecule has 1 aliphatic heterocycles. The fourth-order valence-electron chi connectivity index (χ4n) is 2.04. The lowest BCUT2D eigenvalue weighted by Gasteiger charge is -2.27. The third-order valence-electron chi connectivity index (χ3n) is 3.10. The lowest BCUT2D eigenvalue weighted by molar-refractivity contribution is 0.362. The molecule has 0 aliphatic carbocycles. The Balaban J connectivity index is 2.19. The number of hydrogen-bond acceptors (Lipinski definition) is 3. The van der Waals surface area contributed by atoms with Gasteiger partial charge in [0.2, 0.25) is 0 Å². The summed E-state index contributed by atoms with van der Waals surface area (Å²) in [5.41, 5.74) is 1.64. The van der Waals surface area contributed by atoms with E-state index in [-0.39, 0.29) is 0 Å². The average molecular weight is 348 g/mol. The summed E-state index contributed by atoms with van der Waals surface area (Å²) in [7, 11) is -3.45. The fourth-order valence-corrected chi connectivity index (χ4v) is 3.72. The number of benzene rings is 1. The lowest BCUT2D eigenvalue weighted by atomic mass is 10.1. The first-order chi connectivity index (χ1) is 9.03. The average Bonchev–Trinajstić information content (AvgIpc) is 2.41. The summed E-state index contributed by atoms with van der Waals surface area (Å²) < 4.78 is 29.7. The van der Waals surface area contributed by atoms with Crippen molar-refractivity contribution in [1.82, 2.24) is 9.62 Å². The van der Waals surface area contributed by atoms with Gasteiger partial charge in [-0.05, 0) is 30.2 Å². The van der Waals surface area contributed by atoms with Crippen molar-refractivity contribution in [3.8, 4) is 0 Å². The number of aryl methyl sites for hydroxylation is 1. The van der Waals surface area contributed by atoms with E-state index in [1.165, 1.54) is 4.31 Å². The van der Waals surface area contributed by atoms with Crippen LogP contribution in [0.1, 0.15) is 12.5 Å². The normalized spacial score (nSPS) is 17.4. The van der Waals surface area contributed by atoms with Gasteiger partial charge in [-0.25, -0.2) is 0 Å². The highest BCUT2D eigenvalue weighted by molar-refractivity contribution is 9.10. The van der Waals surface area contributed by atoms with Crippen LogP contribution in [0.2, 0.25) is 0 Å². The topological polar surface area (TPSA) is 61.4 Å². The van der Waals surface area contributed by atoms with Crippen molar-refractivity contribution in [3.05, 3.63) is 28.2 Å². The summed E-state index contributed by atoms with van der Waals surface area (Å²) in [4.78, 5) is 0. The highest BCUT2D eigenvalue weighted by Crippen LogP contribution is 2.23. The van der Waals surface area contributed by atoms with Crippen LogP contribution in [-0.4, -0.2) is 38.9 Å². The van der Waals surface area contributed by atoms with Crippen molar-refractivity contribution < 1.29 is 8.42 Å². The molecule has 0 aromatic heterocycles. The Kier molecular flexibility index (Phi) is 4.83. The second-order valence-electron chi connectivity index (χ2n) is 4.41. The predicted octanol–water partition coefficient (Wildman–Crippen LogP) is 1.57. The first-order valence-corrected chi connectivity index (χ1v) is 8.53. The van der Waals surface area contributed by atoms with E-state index in [0.29, 0.717) is 31.9 Å². The van der Waals surface area contributed by atoms with Crippen LogP contribution >= 0.6 is 15.9 Å². The molecule has 0 atom stereocenters. The molecule has 0 bridgehead atoms. The first-order valence-electron chi connectivity index (χ1n) is 6.30. The van der Waals surface area contributed by atoms with Crippen LogP contribution < -0.4 is 10.0 Å². The number of nitrogens with one attached hydrogen (secondary N) is 2. The van der Waals surface area contributed by atoms with E-state index in [0.717, 1.165) is 16.5 Å². The first kappa shape index (κ1) is 14.8. The maximum Gasteiger partial charge on any atom is 0.301 e. The zero-order valence-corrected chi connectivity index (χ0v) is 13.2. The van der Waals surface area contributed by atoms with Crippen LogP contribution in [0.4, 0.5) is 5.69 Å². The van der Waals surface area contributed by atoms with Gasteiger partial charge in [0.05, 0.1) is 5.69 Å². The van der Waals surface area contributed by atoms with Gasteiger partial charge in [0, 0.05) is 30.7 Å². The molecule has 19 heavy (non-hydrogen) atoms. The van der Waals surface area contributed by atoms with E-state index in [2.05, 4.69) is 26.0 Å². The van der Waals surface area contributed by atoms with E-state index in [9.17, 15) is 8.42 Å². The van der Waals surface area contributed by atoms with E-state index < -0.39 is 10.2 Å². The summed E-state index contributed by atoms with van der Waals surface area (Å²) in [6, 6.07) is 5.58. The SMILES string of the molecule is CCc1cc(Br)ccc1NS(=O)(=O)N1CCNCC1. The maximum absolute atomic E-state index is 12.3. The van der Waals surface area contributed by atoms with Gasteiger partial charge >= 0.3 is 10.2 Å². The molecular weight excluding hydrogens is 330 g/mol. The molecule has 2 N–H and O–H groups in total. The minimum Gasteiger partial charge on any atom is -0.314 e. The molecule has 2 rings (SSSR count). The largest absolute Gasteiger partial charge is 0.314 e. The molecule has 1 aromatic carbocycles. The molecule has 1 aliphatic rings. The van der Waals surface area contributed by atoms with Gasteiger partial charge in [-0.3, -0.25) is 4.72 Å². The molecule has 0 radical (unpaired) electrons. The second kappa shape index (κ2) is 6.21. The predicted molar refractivity (Wildman–Crippen MR) is 80.5 cm³/mol. The van der Waals surface area contributed by atoms with Crippen molar-refractivity contribution >= 4 is 31.8 Å². The number of nitrogens with zero attached hydrogens (tertiary/aromatic N) is 1. The number of piperazine rings is 1. The molecular formula is C12H18BrN3O2S. The highest BCUT2D eigenvalue weighted by atomic mass is 79.9. The third kappa shape index (κ3) is 3.68. The van der Waals surface area contributed by atoms with E-state index in [4.69, 9.17) is 0 Å². The van der Waals surface area contributed by atoms with Gasteiger partial charge in [0.25, 0.3) is 0 Å². The van der Waals surface area contributed by atoms with Gasteiger partial charge < -0.3 is 5.32 Å². The molecule has 0 spiro atoms. The van der Waals surface area contributed by atoms with Crippen molar-refractivity contribution in [2.45, 2.75) is 13.3 Å². The molecule has 0 amide bonds. The molecule has 5 nitrogen and oxygen atoms in total. The van der Waals surface area contributed by atoms with E-state index in [1.54, 1.807) is 6.07 Å². The van der Waals surface area contributed by atoms with Gasteiger partial charge in [-0.15, -0.1) is 0 Å². The van der Waals surface area contributed by atoms with Crippen LogP contribution in [0.3, 0.4) is 0 Å². The monoisotopic (exact) mass is 347 g/mol. The standard InChI is InChI=1S/C12H18BrN3O2S/c1-2-10-9-11(13)3-4-12(10)15-19(17,18)16-7-5-14-6-8-16/h3-4,9,14-15H,2,5-8H2,1H3. The van der Waals surface area contributed by atoms with E-state index >= 15 is 0 Å². The molecule has 7 heteroatoms. The third-order valence-corrected chi connectivity index (χ3v) is 5.12. The van der Waals surface area contributed by atoms with Crippen LogP contribution in [0, 0.1) is 0 Å². The Morgan fingerprint density at radius 2 is 2.05 bits per heavy atom. The Morgan fingerprint density at radius 1 is 1.37 bits per heavy atom. The molecule has 1 heterocycles. The Hall–Kier alpha value is -0.630. The molecule has 106 valence electrons. The minimum atomic E-state index is -3.45. The smallest absolute Gasteiger partial charge is 0.301 e. The zero-order chi connectivity index (χ0) is 13.9. The van der Waals surface area contributed by atoms with Gasteiger partial charge in [-0.1, -0.05) is 22.9 Å². The molecule has 1 saturated heterocycles. The van der Waals surface area contributed by atoms with Gasteiger partial charge in [0.1, 0.15) is 0 Å². The maximum atomic E-state index is 12.3. The van der Waals surface area contributed by atoms with Crippen molar-refractivity contribution in [1.29, 1.82) is 0 Å². The van der Waals surface area contributed by atoms with Gasteiger partial charge in [0.15, 0.2) is 0 Å². The fraction of sp³-hybridized carbons (Fsp3) is 0.500. The summed E-state index contributed by atoms with van der Waals surface area (Å²) in [6.45, 7) is 4.41. The number of halogens is 1. The second-order valence-corrected chi connectivity index (χ2v) is 7.00. The lowest BCUT2D eigenvalue weighted by Crippen LogP contribution is -2.48. The Labute approximate surface area is 122 Å². The Morgan fingerprint density at radius 3 is 2.68 bits per heavy atom. The molecule has 1 aromatic rings. The number of hydrogen-bond donors (Lipinski definition) is 2. The number of anilines is 1. The zero-order valence-electron chi connectivity index (χ0n) is 10.8. The van der Waals surface area contributed by atoms with Crippen molar-refractivity contribution in [2.24, 2.45) is 0 Å². The van der Waals surface area contributed by atoms with Gasteiger partial charge in [-0.2, -0.15) is 12.7 Å². The van der Waals surface area contributed by atoms with Crippen LogP contribution in [0.25, 0.3) is 0 Å².